The summed E-state index contributed by atoms with van der Waals surface area (Å²) in [6.45, 7) is 2.16. The molecule has 0 aliphatic heterocycles. The van der Waals surface area contributed by atoms with Crippen LogP contribution in [0, 0.1) is 0 Å². The average Bonchev–Trinajstić information content (AvgIpc) is 2.37. The summed E-state index contributed by atoms with van der Waals surface area (Å²) in [5, 5.41) is 2.91. The number of nitrogens with one attached hydrogen (secondary N) is 1. The fraction of sp³-hybridized carbons (Fsp3) is 0.267. The summed E-state index contributed by atoms with van der Waals surface area (Å²) in [4.78, 5) is 15.0. The smallest absolute Gasteiger partial charge is 0.256 e. The van der Waals surface area contributed by atoms with Gasteiger partial charge in [0.25, 0.3) is 5.56 Å². The first kappa shape index (κ1) is 11.1. The molecule has 0 aliphatic rings. The Morgan fingerprint density at radius 1 is 1.28 bits per heavy atom. The van der Waals surface area contributed by atoms with Crippen LogP contribution in [0.15, 0.2) is 29.1 Å². The molecule has 18 heavy (non-hydrogen) atoms. The third kappa shape index (κ3) is 1.47. The molecular weight excluding hydrogens is 224 g/mol. The summed E-state index contributed by atoms with van der Waals surface area (Å²) in [5.41, 5.74) is 8.74. The molecule has 3 aromatic rings. The minimum atomic E-state index is -0.0339. The maximum absolute atomic E-state index is 12.1. The van der Waals surface area contributed by atoms with Crippen LogP contribution in [0.2, 0.25) is 0 Å². The van der Waals surface area contributed by atoms with Gasteiger partial charge in [0.1, 0.15) is 0 Å². The van der Waals surface area contributed by atoms with Gasteiger partial charge in [-0.3, -0.25) is 4.79 Å². The van der Waals surface area contributed by atoms with Gasteiger partial charge in [0, 0.05) is 27.4 Å². The fourth-order valence-electron chi connectivity index (χ4n) is 2.68. The number of benzene rings is 2. The van der Waals surface area contributed by atoms with Gasteiger partial charge in [0.2, 0.25) is 0 Å². The monoisotopic (exact) mass is 240 g/mol. The first-order valence-corrected chi connectivity index (χ1v) is 6.37. The highest BCUT2D eigenvalue weighted by molar-refractivity contribution is 6.09. The topological polar surface area (TPSA) is 58.9 Å². The van der Waals surface area contributed by atoms with E-state index in [1.165, 1.54) is 0 Å². The Morgan fingerprint density at radius 2 is 2.11 bits per heavy atom. The van der Waals surface area contributed by atoms with Crippen molar-refractivity contribution in [2.75, 3.05) is 5.73 Å². The van der Waals surface area contributed by atoms with Crippen molar-refractivity contribution in [2.24, 2.45) is 0 Å². The van der Waals surface area contributed by atoms with Crippen LogP contribution in [0.1, 0.15) is 25.3 Å². The van der Waals surface area contributed by atoms with Gasteiger partial charge in [-0.15, -0.1) is 0 Å². The number of hydrogen-bond donors (Lipinski definition) is 2. The minimum absolute atomic E-state index is 0.0339. The molecule has 2 bridgehead atoms. The lowest BCUT2D eigenvalue weighted by Gasteiger charge is -2.14. The molecule has 0 spiro atoms. The van der Waals surface area contributed by atoms with Crippen molar-refractivity contribution in [1.29, 1.82) is 0 Å². The molecule has 1 aromatic heterocycles. The van der Waals surface area contributed by atoms with Crippen molar-refractivity contribution in [3.05, 3.63) is 40.2 Å². The van der Waals surface area contributed by atoms with E-state index in [1.807, 2.05) is 24.3 Å². The van der Waals surface area contributed by atoms with E-state index >= 15 is 0 Å². The SMILES string of the molecule is CCCCc1c2cc(N)c3cccc([nH]c2=O)c13. The molecule has 3 rings (SSSR count). The van der Waals surface area contributed by atoms with E-state index in [1.54, 1.807) is 0 Å². The van der Waals surface area contributed by atoms with Gasteiger partial charge >= 0.3 is 0 Å². The summed E-state index contributed by atoms with van der Waals surface area (Å²) in [7, 11) is 0. The van der Waals surface area contributed by atoms with Gasteiger partial charge in [-0.25, -0.2) is 0 Å². The van der Waals surface area contributed by atoms with Crippen molar-refractivity contribution in [3.63, 3.8) is 0 Å². The molecule has 0 atom stereocenters. The van der Waals surface area contributed by atoms with Crippen LogP contribution in [-0.2, 0) is 6.42 Å². The summed E-state index contributed by atoms with van der Waals surface area (Å²) in [5.74, 6) is 0. The van der Waals surface area contributed by atoms with E-state index in [-0.39, 0.29) is 5.56 Å². The molecule has 0 saturated heterocycles. The normalized spacial score (nSPS) is 11.6. The van der Waals surface area contributed by atoms with Crippen molar-refractivity contribution < 1.29 is 0 Å². The Kier molecular flexibility index (Phi) is 2.47. The lowest BCUT2D eigenvalue weighted by molar-refractivity contribution is 0.801. The molecule has 3 nitrogen and oxygen atoms in total. The molecule has 0 amide bonds. The Bertz CT molecular complexity index is 758. The number of aryl methyl sites for hydroxylation is 1. The lowest BCUT2D eigenvalue weighted by atomic mass is 9.94. The summed E-state index contributed by atoms with van der Waals surface area (Å²) >= 11 is 0. The predicted molar refractivity (Wildman–Crippen MR) is 76.3 cm³/mol. The maximum Gasteiger partial charge on any atom is 0.256 e. The van der Waals surface area contributed by atoms with E-state index in [0.717, 1.165) is 46.5 Å². The molecule has 0 fully saturated rings. The highest BCUT2D eigenvalue weighted by Gasteiger charge is 2.14. The Hall–Kier alpha value is -2.03. The number of nitrogens with two attached hydrogens (primary N) is 1. The number of aromatic nitrogens is 1. The first-order chi connectivity index (χ1) is 8.72. The first-order valence-electron chi connectivity index (χ1n) is 6.37. The molecule has 92 valence electrons. The predicted octanol–water partition coefficient (Wildman–Crippen LogP) is 3.04. The van der Waals surface area contributed by atoms with Crippen molar-refractivity contribution >= 4 is 27.4 Å². The molecular formula is C15H16N2O. The van der Waals surface area contributed by atoms with E-state index in [9.17, 15) is 4.79 Å². The zero-order chi connectivity index (χ0) is 12.7. The molecule has 3 heteroatoms. The van der Waals surface area contributed by atoms with Crippen molar-refractivity contribution in [3.8, 4) is 0 Å². The van der Waals surface area contributed by atoms with Crippen LogP contribution in [0.3, 0.4) is 0 Å². The fourth-order valence-corrected chi connectivity index (χ4v) is 2.68. The highest BCUT2D eigenvalue weighted by atomic mass is 16.1. The number of unbranched alkanes of at least 4 members (excludes halogenated alkanes) is 1. The third-order valence-corrected chi connectivity index (χ3v) is 3.58. The molecule has 0 unspecified atom stereocenters. The van der Waals surface area contributed by atoms with Gasteiger partial charge in [0.15, 0.2) is 0 Å². The van der Waals surface area contributed by atoms with E-state index in [4.69, 9.17) is 5.73 Å². The zero-order valence-corrected chi connectivity index (χ0v) is 10.4. The molecule has 2 aromatic carbocycles. The number of fused-ring (bicyclic) bond motifs is 1. The number of anilines is 1. The number of nitrogen functional groups attached to an aromatic ring is 1. The van der Waals surface area contributed by atoms with Gasteiger partial charge < -0.3 is 10.7 Å². The summed E-state index contributed by atoms with van der Waals surface area (Å²) < 4.78 is 0. The van der Waals surface area contributed by atoms with Gasteiger partial charge in [-0.2, -0.15) is 0 Å². The van der Waals surface area contributed by atoms with Crippen LogP contribution >= 0.6 is 0 Å². The molecule has 1 heterocycles. The molecule has 0 radical (unpaired) electrons. The van der Waals surface area contributed by atoms with Crippen LogP contribution in [0.5, 0.6) is 0 Å². The van der Waals surface area contributed by atoms with Gasteiger partial charge in [0.05, 0.1) is 0 Å². The van der Waals surface area contributed by atoms with E-state index in [0.29, 0.717) is 5.69 Å². The van der Waals surface area contributed by atoms with Gasteiger partial charge in [-0.05, 0) is 30.5 Å². The second-order valence-corrected chi connectivity index (χ2v) is 4.78. The Morgan fingerprint density at radius 3 is 2.89 bits per heavy atom. The second-order valence-electron chi connectivity index (χ2n) is 4.78. The number of H-pyrrole nitrogens is 1. The van der Waals surface area contributed by atoms with Crippen molar-refractivity contribution in [1.82, 2.24) is 4.98 Å². The lowest BCUT2D eigenvalue weighted by Crippen LogP contribution is -2.11. The average molecular weight is 240 g/mol. The van der Waals surface area contributed by atoms with Crippen LogP contribution in [-0.4, -0.2) is 4.98 Å². The highest BCUT2D eigenvalue weighted by Crippen LogP contribution is 2.32. The van der Waals surface area contributed by atoms with Crippen LogP contribution < -0.4 is 11.3 Å². The quantitative estimate of drug-likeness (QED) is 0.691. The molecule has 0 aliphatic carbocycles. The molecule has 0 saturated carbocycles. The molecule has 3 N–H and O–H groups in total. The second kappa shape index (κ2) is 4.02. The number of rotatable bonds is 3. The largest absolute Gasteiger partial charge is 0.398 e. The summed E-state index contributed by atoms with van der Waals surface area (Å²) in [6.07, 6.45) is 3.15. The standard InChI is InChI=1S/C15H16N2O/c1-2-3-5-9-11-8-12(16)10-6-4-7-13(14(9)10)17-15(11)18/h4,6-8H,2-3,5,16H2,1H3,(H,17,18). The number of aromatic amines is 1. The Balaban J connectivity index is 2.46. The van der Waals surface area contributed by atoms with E-state index < -0.39 is 0 Å². The maximum atomic E-state index is 12.1. The third-order valence-electron chi connectivity index (χ3n) is 3.58. The van der Waals surface area contributed by atoms with Crippen LogP contribution in [0.25, 0.3) is 21.7 Å². The van der Waals surface area contributed by atoms with Crippen molar-refractivity contribution in [2.45, 2.75) is 26.2 Å². The minimum Gasteiger partial charge on any atom is -0.398 e. The number of hydrogen-bond acceptors (Lipinski definition) is 2. The zero-order valence-electron chi connectivity index (χ0n) is 10.4. The Labute approximate surface area is 105 Å². The number of pyridine rings is 1. The van der Waals surface area contributed by atoms with E-state index in [2.05, 4.69) is 11.9 Å². The van der Waals surface area contributed by atoms with Crippen LogP contribution in [0.4, 0.5) is 5.69 Å². The summed E-state index contributed by atoms with van der Waals surface area (Å²) in [6, 6.07) is 7.71. The van der Waals surface area contributed by atoms with Gasteiger partial charge in [-0.1, -0.05) is 25.5 Å².